The summed E-state index contributed by atoms with van der Waals surface area (Å²) in [5.41, 5.74) is 2.12. The van der Waals surface area contributed by atoms with E-state index >= 15 is 0 Å². The van der Waals surface area contributed by atoms with Crippen molar-refractivity contribution in [2.24, 2.45) is 0 Å². The molecular formula is C19H20O3. The van der Waals surface area contributed by atoms with Crippen molar-refractivity contribution in [1.29, 1.82) is 0 Å². The molecule has 0 saturated heterocycles. The minimum Gasteiger partial charge on any atom is -0.394 e. The normalized spacial score (nSPS) is 15.9. The second-order valence-corrected chi connectivity index (χ2v) is 5.58. The SMILES string of the molecule is O=C1Oc2ccccc2CCCCCCc2ccccc2O1. The van der Waals surface area contributed by atoms with Crippen LogP contribution in [0.4, 0.5) is 4.79 Å². The number of ether oxygens (including phenoxy) is 2. The molecule has 1 heterocycles. The summed E-state index contributed by atoms with van der Waals surface area (Å²) in [4.78, 5) is 12.1. The molecule has 0 radical (unpaired) electrons. The van der Waals surface area contributed by atoms with E-state index in [9.17, 15) is 4.79 Å². The van der Waals surface area contributed by atoms with Gasteiger partial charge in [-0.25, -0.2) is 4.79 Å². The summed E-state index contributed by atoms with van der Waals surface area (Å²) in [6.45, 7) is 0. The Labute approximate surface area is 130 Å². The van der Waals surface area contributed by atoms with Crippen LogP contribution in [-0.2, 0) is 12.8 Å². The molecule has 0 atom stereocenters. The zero-order chi connectivity index (χ0) is 15.2. The predicted octanol–water partition coefficient (Wildman–Crippen LogP) is 4.92. The second kappa shape index (κ2) is 7.12. The van der Waals surface area contributed by atoms with Crippen molar-refractivity contribution in [3.05, 3.63) is 59.7 Å². The van der Waals surface area contributed by atoms with Crippen LogP contribution in [0.15, 0.2) is 48.5 Å². The van der Waals surface area contributed by atoms with Gasteiger partial charge >= 0.3 is 6.16 Å². The Balaban J connectivity index is 1.85. The van der Waals surface area contributed by atoms with Gasteiger partial charge in [-0.05, 0) is 48.9 Å². The highest BCUT2D eigenvalue weighted by Gasteiger charge is 2.14. The quantitative estimate of drug-likeness (QED) is 0.511. The van der Waals surface area contributed by atoms with Crippen LogP contribution in [0.5, 0.6) is 11.5 Å². The lowest BCUT2D eigenvalue weighted by Crippen LogP contribution is -2.15. The number of fused-ring (bicyclic) bond motifs is 2. The number of aryl methyl sites for hydroxylation is 2. The zero-order valence-electron chi connectivity index (χ0n) is 12.6. The third-order valence-corrected chi connectivity index (χ3v) is 3.97. The van der Waals surface area contributed by atoms with E-state index in [2.05, 4.69) is 0 Å². The highest BCUT2D eigenvalue weighted by molar-refractivity contribution is 5.68. The van der Waals surface area contributed by atoms with Gasteiger partial charge in [-0.1, -0.05) is 49.2 Å². The fraction of sp³-hybridized carbons (Fsp3) is 0.316. The third kappa shape index (κ3) is 3.67. The lowest BCUT2D eigenvalue weighted by Gasteiger charge is -2.11. The fourth-order valence-corrected chi connectivity index (χ4v) is 2.80. The minimum absolute atomic E-state index is 0.601. The zero-order valence-corrected chi connectivity index (χ0v) is 12.6. The van der Waals surface area contributed by atoms with Crippen molar-refractivity contribution in [1.82, 2.24) is 0 Å². The molecule has 114 valence electrons. The average molecular weight is 296 g/mol. The molecule has 3 rings (SSSR count). The Morgan fingerprint density at radius 3 is 1.59 bits per heavy atom. The molecule has 3 heteroatoms. The Morgan fingerprint density at radius 2 is 1.09 bits per heavy atom. The fourth-order valence-electron chi connectivity index (χ4n) is 2.80. The van der Waals surface area contributed by atoms with Gasteiger partial charge in [0, 0.05) is 0 Å². The van der Waals surface area contributed by atoms with Gasteiger partial charge in [0.25, 0.3) is 0 Å². The van der Waals surface area contributed by atoms with Gasteiger partial charge in [0.05, 0.1) is 0 Å². The smallest absolute Gasteiger partial charge is 0.394 e. The molecule has 1 aliphatic rings. The second-order valence-electron chi connectivity index (χ2n) is 5.58. The van der Waals surface area contributed by atoms with Crippen LogP contribution in [0, 0.1) is 0 Å². The Bertz CT molecular complexity index is 593. The van der Waals surface area contributed by atoms with Gasteiger partial charge in [-0.15, -0.1) is 0 Å². The first-order chi connectivity index (χ1) is 10.8. The highest BCUT2D eigenvalue weighted by atomic mass is 16.7. The number of carbonyl (C=O) groups is 1. The summed E-state index contributed by atoms with van der Waals surface area (Å²) in [6, 6.07) is 15.4. The van der Waals surface area contributed by atoms with E-state index in [1.165, 1.54) is 12.8 Å². The molecule has 1 aliphatic heterocycles. The summed E-state index contributed by atoms with van der Waals surface area (Å²) < 4.78 is 10.8. The van der Waals surface area contributed by atoms with Gasteiger partial charge in [0.1, 0.15) is 11.5 Å². The third-order valence-electron chi connectivity index (χ3n) is 3.97. The maximum atomic E-state index is 12.1. The minimum atomic E-state index is -0.667. The molecular weight excluding hydrogens is 276 g/mol. The van der Waals surface area contributed by atoms with Crippen molar-refractivity contribution in [2.45, 2.75) is 38.5 Å². The molecule has 0 fully saturated rings. The number of para-hydroxylation sites is 2. The summed E-state index contributed by atoms with van der Waals surface area (Å²) in [6.07, 6.45) is 5.77. The topological polar surface area (TPSA) is 35.5 Å². The van der Waals surface area contributed by atoms with E-state index < -0.39 is 6.16 Å². The number of benzene rings is 2. The van der Waals surface area contributed by atoms with Gasteiger partial charge in [0.2, 0.25) is 0 Å². The largest absolute Gasteiger partial charge is 0.519 e. The first kappa shape index (κ1) is 14.6. The molecule has 2 aromatic rings. The average Bonchev–Trinajstić information content (AvgIpc) is 2.54. The van der Waals surface area contributed by atoms with Crippen molar-refractivity contribution >= 4 is 6.16 Å². The Kier molecular flexibility index (Phi) is 4.74. The molecule has 0 unspecified atom stereocenters. The van der Waals surface area contributed by atoms with E-state index in [-0.39, 0.29) is 0 Å². The maximum Gasteiger partial charge on any atom is 0.519 e. The van der Waals surface area contributed by atoms with Gasteiger partial charge in [0.15, 0.2) is 0 Å². The molecule has 0 aromatic heterocycles. The van der Waals surface area contributed by atoms with Crippen LogP contribution in [0.2, 0.25) is 0 Å². The van der Waals surface area contributed by atoms with Crippen molar-refractivity contribution in [3.8, 4) is 11.5 Å². The van der Waals surface area contributed by atoms with Crippen LogP contribution >= 0.6 is 0 Å². The van der Waals surface area contributed by atoms with Crippen LogP contribution in [0.3, 0.4) is 0 Å². The molecule has 0 saturated carbocycles. The Morgan fingerprint density at radius 1 is 0.636 bits per heavy atom. The molecule has 2 aromatic carbocycles. The summed E-state index contributed by atoms with van der Waals surface area (Å²) in [7, 11) is 0. The molecule has 0 N–H and O–H groups in total. The van der Waals surface area contributed by atoms with Gasteiger partial charge in [-0.3, -0.25) is 0 Å². The standard InChI is InChI=1S/C19H20O3/c20-19-21-17-13-7-5-11-15(17)9-3-1-2-4-10-16-12-6-8-14-18(16)22-19/h5-8,11-14H,1-4,9-10H2. The maximum absolute atomic E-state index is 12.1. The van der Waals surface area contributed by atoms with Crippen LogP contribution in [0.1, 0.15) is 36.8 Å². The van der Waals surface area contributed by atoms with Crippen LogP contribution in [-0.4, -0.2) is 6.16 Å². The monoisotopic (exact) mass is 296 g/mol. The summed E-state index contributed by atoms with van der Waals surface area (Å²) in [5.74, 6) is 1.20. The van der Waals surface area contributed by atoms with E-state index in [0.717, 1.165) is 36.8 Å². The molecule has 0 amide bonds. The summed E-state index contributed by atoms with van der Waals surface area (Å²) in [5, 5.41) is 0. The molecule has 0 aliphatic carbocycles. The van der Waals surface area contributed by atoms with Crippen molar-refractivity contribution in [3.63, 3.8) is 0 Å². The van der Waals surface area contributed by atoms with Gasteiger partial charge < -0.3 is 9.47 Å². The molecule has 22 heavy (non-hydrogen) atoms. The number of hydrogen-bond donors (Lipinski definition) is 0. The summed E-state index contributed by atoms with van der Waals surface area (Å²) >= 11 is 0. The number of rotatable bonds is 0. The van der Waals surface area contributed by atoms with Gasteiger partial charge in [-0.2, -0.15) is 0 Å². The molecule has 3 nitrogen and oxygen atoms in total. The van der Waals surface area contributed by atoms with E-state index in [1.807, 2.05) is 48.5 Å². The predicted molar refractivity (Wildman–Crippen MR) is 85.4 cm³/mol. The highest BCUT2D eigenvalue weighted by Crippen LogP contribution is 2.25. The van der Waals surface area contributed by atoms with E-state index in [4.69, 9.17) is 9.47 Å². The lowest BCUT2D eigenvalue weighted by molar-refractivity contribution is 0.151. The van der Waals surface area contributed by atoms with Crippen LogP contribution in [0.25, 0.3) is 0 Å². The van der Waals surface area contributed by atoms with E-state index in [0.29, 0.717) is 11.5 Å². The van der Waals surface area contributed by atoms with Crippen molar-refractivity contribution in [2.75, 3.05) is 0 Å². The van der Waals surface area contributed by atoms with E-state index in [1.54, 1.807) is 0 Å². The first-order valence-corrected chi connectivity index (χ1v) is 7.88. The molecule has 0 bridgehead atoms. The first-order valence-electron chi connectivity index (χ1n) is 7.88. The molecule has 0 spiro atoms. The van der Waals surface area contributed by atoms with Crippen molar-refractivity contribution < 1.29 is 14.3 Å². The number of hydrogen-bond acceptors (Lipinski definition) is 3. The lowest BCUT2D eigenvalue weighted by atomic mass is 10.0. The Hall–Kier alpha value is -2.29. The van der Waals surface area contributed by atoms with Crippen LogP contribution < -0.4 is 9.47 Å². The number of carbonyl (C=O) groups excluding carboxylic acids is 1.